The third-order valence-corrected chi connectivity index (χ3v) is 8.53. The van der Waals surface area contributed by atoms with Crippen molar-refractivity contribution in [1.82, 2.24) is 14.6 Å². The molecule has 2 aliphatic rings. The van der Waals surface area contributed by atoms with Crippen molar-refractivity contribution in [3.8, 4) is 0 Å². The van der Waals surface area contributed by atoms with Gasteiger partial charge < -0.3 is 9.64 Å². The quantitative estimate of drug-likeness (QED) is 0.612. The maximum atomic E-state index is 12.9. The predicted molar refractivity (Wildman–Crippen MR) is 134 cm³/mol. The molecule has 1 saturated heterocycles. The molecule has 0 aromatic carbocycles. The van der Waals surface area contributed by atoms with Crippen LogP contribution in [0.4, 0.5) is 9.93 Å². The summed E-state index contributed by atoms with van der Waals surface area (Å²) in [6, 6.07) is 2.54. The number of rotatable bonds is 5. The van der Waals surface area contributed by atoms with Crippen LogP contribution in [0.2, 0.25) is 4.34 Å². The molecule has 0 aliphatic carbocycles. The van der Waals surface area contributed by atoms with Crippen LogP contribution in [-0.4, -0.2) is 55.0 Å². The van der Waals surface area contributed by atoms with E-state index >= 15 is 0 Å². The summed E-state index contributed by atoms with van der Waals surface area (Å²) in [5, 5.41) is 1.56. The molecule has 0 unspecified atom stereocenters. The molecule has 2 aliphatic heterocycles. The second kappa shape index (κ2) is 9.57. The van der Waals surface area contributed by atoms with Crippen LogP contribution >= 0.6 is 34.3 Å². The lowest BCUT2D eigenvalue weighted by Gasteiger charge is -2.29. The number of thiazole rings is 1. The summed E-state index contributed by atoms with van der Waals surface area (Å²) in [4.78, 5) is 34.7. The van der Waals surface area contributed by atoms with Crippen LogP contribution in [0.25, 0.3) is 6.08 Å². The van der Waals surface area contributed by atoms with Gasteiger partial charge in [-0.15, -0.1) is 11.3 Å². The van der Waals surface area contributed by atoms with Crippen LogP contribution < -0.4 is 9.62 Å². The molecule has 1 fully saturated rings. The summed E-state index contributed by atoms with van der Waals surface area (Å²) in [6.07, 6.45) is 1.98. The Hall–Kier alpha value is -1.99. The van der Waals surface area contributed by atoms with E-state index in [1.54, 1.807) is 17.0 Å². The number of nitrogens with one attached hydrogen (secondary N) is 1. The molecule has 2 aromatic heterocycles. The van der Waals surface area contributed by atoms with Crippen molar-refractivity contribution in [2.24, 2.45) is 0 Å². The number of aromatic nitrogens is 1. The van der Waals surface area contributed by atoms with Gasteiger partial charge in [-0.1, -0.05) is 22.9 Å². The Morgan fingerprint density at radius 3 is 2.74 bits per heavy atom. The van der Waals surface area contributed by atoms with E-state index in [0.29, 0.717) is 46.8 Å². The second-order valence-electron chi connectivity index (χ2n) is 8.96. The molecule has 2 aromatic rings. The molecule has 13 heteroatoms. The second-order valence-corrected chi connectivity index (χ2v) is 13.4. The Balaban J connectivity index is 1.40. The first kappa shape index (κ1) is 25.1. The molecule has 4 rings (SSSR count). The SMILES string of the molecule is CC(C)(C)OC(=O)N1CCc2nc(N3CC[C@H](NS(=O)(=O)C=Cc4ccc(Cl)s4)C3=O)sc2C1. The molecule has 0 spiro atoms. The summed E-state index contributed by atoms with van der Waals surface area (Å²) in [6.45, 7) is 6.69. The minimum atomic E-state index is -3.82. The highest BCUT2D eigenvalue weighted by Crippen LogP contribution is 2.33. The van der Waals surface area contributed by atoms with Gasteiger partial charge in [0.1, 0.15) is 11.6 Å². The summed E-state index contributed by atoms with van der Waals surface area (Å²) in [7, 11) is -3.82. The summed E-state index contributed by atoms with van der Waals surface area (Å²) in [5.74, 6) is -0.341. The van der Waals surface area contributed by atoms with Crippen LogP contribution in [0.15, 0.2) is 17.5 Å². The normalized spacial score (nSPS) is 19.2. The molecule has 4 heterocycles. The minimum absolute atomic E-state index is 0.338. The Morgan fingerprint density at radius 2 is 2.06 bits per heavy atom. The highest BCUT2D eigenvalue weighted by Gasteiger charge is 2.37. The first-order chi connectivity index (χ1) is 15.9. The number of nitrogens with zero attached hydrogens (tertiary/aromatic N) is 3. The molecule has 2 amide bonds. The van der Waals surface area contributed by atoms with Gasteiger partial charge in [0.2, 0.25) is 15.9 Å². The smallest absolute Gasteiger partial charge is 0.410 e. The lowest BCUT2D eigenvalue weighted by atomic mass is 10.2. The lowest BCUT2D eigenvalue weighted by Crippen LogP contribution is -2.40. The first-order valence-electron chi connectivity index (χ1n) is 10.6. The van der Waals surface area contributed by atoms with Gasteiger partial charge in [-0.25, -0.2) is 18.2 Å². The van der Waals surface area contributed by atoms with E-state index < -0.39 is 21.7 Å². The van der Waals surface area contributed by atoms with Crippen molar-refractivity contribution < 1.29 is 22.7 Å². The van der Waals surface area contributed by atoms with Crippen molar-refractivity contribution in [1.29, 1.82) is 0 Å². The van der Waals surface area contributed by atoms with Crippen LogP contribution in [0.1, 0.15) is 42.6 Å². The van der Waals surface area contributed by atoms with E-state index in [1.807, 2.05) is 20.8 Å². The van der Waals surface area contributed by atoms with E-state index in [2.05, 4.69) is 9.71 Å². The van der Waals surface area contributed by atoms with Gasteiger partial charge in [0.25, 0.3) is 0 Å². The number of hydrogen-bond acceptors (Lipinski definition) is 8. The highest BCUT2D eigenvalue weighted by atomic mass is 35.5. The largest absolute Gasteiger partial charge is 0.444 e. The standard InChI is InChI=1S/C21H25ClN4O5S3/c1-21(2,3)31-20(28)25-9-6-14-16(12-25)33-19(23-14)26-10-7-15(18(26)27)24-34(29,30)11-8-13-4-5-17(22)32-13/h4-5,8,11,15,24H,6-7,9-10,12H2,1-3H3/t15-/m0/s1. The molecular formula is C21H25ClN4O5S3. The molecule has 34 heavy (non-hydrogen) atoms. The predicted octanol–water partition coefficient (Wildman–Crippen LogP) is 3.85. The zero-order chi connectivity index (χ0) is 24.7. The van der Waals surface area contributed by atoms with Crippen LogP contribution in [0.3, 0.4) is 0 Å². The maximum Gasteiger partial charge on any atom is 0.410 e. The zero-order valence-corrected chi connectivity index (χ0v) is 22.1. The average Bonchev–Trinajstić information content (AvgIpc) is 3.43. The topological polar surface area (TPSA) is 109 Å². The Morgan fingerprint density at radius 1 is 1.29 bits per heavy atom. The van der Waals surface area contributed by atoms with Crippen molar-refractivity contribution in [3.63, 3.8) is 0 Å². The number of carbonyl (C=O) groups is 2. The number of ether oxygens (including phenoxy) is 1. The molecular weight excluding hydrogens is 520 g/mol. The monoisotopic (exact) mass is 544 g/mol. The van der Waals surface area contributed by atoms with Gasteiger partial charge >= 0.3 is 6.09 Å². The fourth-order valence-corrected chi connectivity index (χ4v) is 6.79. The summed E-state index contributed by atoms with van der Waals surface area (Å²) >= 11 is 8.47. The molecule has 9 nitrogen and oxygen atoms in total. The van der Waals surface area contributed by atoms with Gasteiger partial charge in [-0.2, -0.15) is 4.72 Å². The molecule has 0 saturated carbocycles. The van der Waals surface area contributed by atoms with Crippen molar-refractivity contribution >= 4 is 67.5 Å². The first-order valence-corrected chi connectivity index (χ1v) is 14.2. The third-order valence-electron chi connectivity index (χ3n) is 5.12. The van der Waals surface area contributed by atoms with E-state index in [0.717, 1.165) is 16.0 Å². The fourth-order valence-electron chi connectivity index (χ4n) is 3.57. The minimum Gasteiger partial charge on any atom is -0.444 e. The average molecular weight is 545 g/mol. The van der Waals surface area contributed by atoms with Gasteiger partial charge in [0, 0.05) is 34.7 Å². The summed E-state index contributed by atoms with van der Waals surface area (Å²) in [5.41, 5.74) is 0.279. The Kier molecular flexibility index (Phi) is 7.07. The van der Waals surface area contributed by atoms with E-state index in [4.69, 9.17) is 16.3 Å². The lowest BCUT2D eigenvalue weighted by molar-refractivity contribution is -0.118. The van der Waals surface area contributed by atoms with E-state index in [-0.39, 0.29) is 12.0 Å². The molecule has 1 N–H and O–H groups in total. The number of sulfonamides is 1. The van der Waals surface area contributed by atoms with Crippen molar-refractivity contribution in [2.75, 3.05) is 18.0 Å². The summed E-state index contributed by atoms with van der Waals surface area (Å²) < 4.78 is 33.4. The van der Waals surface area contributed by atoms with Crippen LogP contribution in [-0.2, 0) is 32.5 Å². The molecule has 1 atom stereocenters. The van der Waals surface area contributed by atoms with Crippen molar-refractivity contribution in [2.45, 2.75) is 51.8 Å². The number of hydrogen-bond donors (Lipinski definition) is 1. The molecule has 0 bridgehead atoms. The number of fused-ring (bicyclic) bond motifs is 1. The van der Waals surface area contributed by atoms with E-state index in [9.17, 15) is 18.0 Å². The number of halogens is 1. The fraction of sp³-hybridized carbons (Fsp3) is 0.476. The zero-order valence-electron chi connectivity index (χ0n) is 18.9. The Bertz CT molecular complexity index is 1230. The number of thiophene rings is 1. The number of carbonyl (C=O) groups excluding carboxylic acids is 2. The molecule has 0 radical (unpaired) electrons. The van der Waals surface area contributed by atoms with E-state index in [1.165, 1.54) is 33.6 Å². The van der Waals surface area contributed by atoms with Gasteiger partial charge in [0.05, 0.1) is 16.6 Å². The van der Waals surface area contributed by atoms with Gasteiger partial charge in [-0.05, 0) is 45.4 Å². The van der Waals surface area contributed by atoms with Crippen LogP contribution in [0.5, 0.6) is 0 Å². The number of anilines is 1. The Labute approximate surface area is 211 Å². The third kappa shape index (κ3) is 5.98. The molecule has 184 valence electrons. The van der Waals surface area contributed by atoms with Gasteiger partial charge in [-0.3, -0.25) is 9.69 Å². The highest BCUT2D eigenvalue weighted by molar-refractivity contribution is 7.92. The van der Waals surface area contributed by atoms with Gasteiger partial charge in [0.15, 0.2) is 5.13 Å². The number of amides is 2. The maximum absolute atomic E-state index is 12.9. The van der Waals surface area contributed by atoms with Crippen LogP contribution in [0, 0.1) is 0 Å². The van der Waals surface area contributed by atoms with Crippen molar-refractivity contribution in [3.05, 3.63) is 37.3 Å².